The van der Waals surface area contributed by atoms with E-state index in [1.54, 1.807) is 24.3 Å². The molecule has 0 radical (unpaired) electrons. The number of piperidine rings is 1. The fourth-order valence-corrected chi connectivity index (χ4v) is 2.68. The van der Waals surface area contributed by atoms with Gasteiger partial charge >= 0.3 is 0 Å². The Bertz CT molecular complexity index is 811. The van der Waals surface area contributed by atoms with Gasteiger partial charge < -0.3 is 16.0 Å². The third-order valence-electron chi connectivity index (χ3n) is 4.00. The van der Waals surface area contributed by atoms with Gasteiger partial charge in [0.25, 0.3) is 0 Å². The maximum Gasteiger partial charge on any atom is 0.228 e. The van der Waals surface area contributed by atoms with Gasteiger partial charge in [-0.2, -0.15) is 0 Å². The van der Waals surface area contributed by atoms with Crippen LogP contribution in [0.3, 0.4) is 0 Å². The average Bonchev–Trinajstić information content (AvgIpc) is 2.59. The molecule has 1 aliphatic rings. The molecular formula is C18H17F2N3O2. The number of hydrogen-bond acceptors (Lipinski definition) is 3. The molecule has 130 valence electrons. The van der Waals surface area contributed by atoms with Gasteiger partial charge in [0.05, 0.1) is 17.1 Å². The quantitative estimate of drug-likeness (QED) is 0.797. The molecule has 2 aromatic rings. The van der Waals surface area contributed by atoms with E-state index in [4.69, 9.17) is 0 Å². The van der Waals surface area contributed by atoms with Gasteiger partial charge in [-0.25, -0.2) is 8.78 Å². The lowest BCUT2D eigenvalue weighted by molar-refractivity contribution is -0.129. The van der Waals surface area contributed by atoms with Crippen molar-refractivity contribution in [3.8, 4) is 0 Å². The summed E-state index contributed by atoms with van der Waals surface area (Å²) in [5.74, 6) is -2.20. The van der Waals surface area contributed by atoms with Crippen LogP contribution in [0.5, 0.6) is 0 Å². The Morgan fingerprint density at radius 3 is 2.56 bits per heavy atom. The highest BCUT2D eigenvalue weighted by Crippen LogP contribution is 2.28. The number of carbonyl (C=O) groups is 2. The summed E-state index contributed by atoms with van der Waals surface area (Å²) in [7, 11) is 0. The van der Waals surface area contributed by atoms with Crippen molar-refractivity contribution >= 4 is 28.9 Å². The van der Waals surface area contributed by atoms with Gasteiger partial charge in [-0.3, -0.25) is 9.59 Å². The van der Waals surface area contributed by atoms with Crippen LogP contribution in [0.2, 0.25) is 0 Å². The van der Waals surface area contributed by atoms with Crippen LogP contribution in [-0.4, -0.2) is 18.4 Å². The summed E-state index contributed by atoms with van der Waals surface area (Å²) in [6.45, 7) is 0.470. The molecule has 0 aliphatic carbocycles. The van der Waals surface area contributed by atoms with E-state index in [0.29, 0.717) is 24.3 Å². The van der Waals surface area contributed by atoms with Crippen molar-refractivity contribution in [1.29, 1.82) is 0 Å². The van der Waals surface area contributed by atoms with Crippen LogP contribution in [0.15, 0.2) is 42.5 Å². The second-order valence-corrected chi connectivity index (χ2v) is 5.82. The summed E-state index contributed by atoms with van der Waals surface area (Å²) in [5.41, 5.74) is 1.03. The molecule has 3 rings (SSSR count). The standard InChI is InChI=1S/C18H17F2N3O2/c19-12-5-6-14(13(20)10-12)22-15-3-1-2-4-16(15)23-18(25)11-7-8-21-17(24)9-11/h1-6,10-11,22H,7-9H2,(H,21,24)(H,23,25)/t11-/m0/s1. The van der Waals surface area contributed by atoms with Crippen LogP contribution >= 0.6 is 0 Å². The van der Waals surface area contributed by atoms with Gasteiger partial charge in [0.2, 0.25) is 11.8 Å². The van der Waals surface area contributed by atoms with Gasteiger partial charge in [0.15, 0.2) is 0 Å². The molecule has 0 aromatic heterocycles. The highest BCUT2D eigenvalue weighted by molar-refractivity contribution is 5.98. The van der Waals surface area contributed by atoms with E-state index in [1.807, 2.05) is 0 Å². The smallest absolute Gasteiger partial charge is 0.228 e. The zero-order valence-corrected chi connectivity index (χ0v) is 13.3. The zero-order chi connectivity index (χ0) is 17.8. The minimum absolute atomic E-state index is 0.0974. The van der Waals surface area contributed by atoms with Crippen molar-refractivity contribution < 1.29 is 18.4 Å². The number of anilines is 3. The van der Waals surface area contributed by atoms with Crippen molar-refractivity contribution in [2.75, 3.05) is 17.2 Å². The molecular weight excluding hydrogens is 328 g/mol. The van der Waals surface area contributed by atoms with Crippen molar-refractivity contribution in [2.45, 2.75) is 12.8 Å². The third kappa shape index (κ3) is 4.12. The third-order valence-corrected chi connectivity index (χ3v) is 4.00. The Labute approximate surface area is 143 Å². The molecule has 1 atom stereocenters. The Balaban J connectivity index is 1.76. The number of halogens is 2. The summed E-state index contributed by atoms with van der Waals surface area (Å²) < 4.78 is 26.8. The summed E-state index contributed by atoms with van der Waals surface area (Å²) in [6.07, 6.45) is 0.716. The fraction of sp³-hybridized carbons (Fsp3) is 0.222. The number of benzene rings is 2. The molecule has 0 spiro atoms. The minimum atomic E-state index is -0.731. The summed E-state index contributed by atoms with van der Waals surface area (Å²) in [6, 6.07) is 10.0. The predicted octanol–water partition coefficient (Wildman–Crippen LogP) is 3.17. The second kappa shape index (κ2) is 7.29. The van der Waals surface area contributed by atoms with Crippen LogP contribution in [0.25, 0.3) is 0 Å². The largest absolute Gasteiger partial charge is 0.356 e. The Hall–Kier alpha value is -2.96. The number of nitrogens with one attached hydrogen (secondary N) is 3. The highest BCUT2D eigenvalue weighted by atomic mass is 19.1. The van der Waals surface area contributed by atoms with Gasteiger partial charge in [0.1, 0.15) is 11.6 Å². The summed E-state index contributed by atoms with van der Waals surface area (Å²) in [5, 5.41) is 8.31. The van der Waals surface area contributed by atoms with Crippen LogP contribution in [0.4, 0.5) is 25.8 Å². The summed E-state index contributed by atoms with van der Waals surface area (Å²) >= 11 is 0. The van der Waals surface area contributed by atoms with Gasteiger partial charge in [-0.15, -0.1) is 0 Å². The molecule has 3 N–H and O–H groups in total. The van der Waals surface area contributed by atoms with Crippen LogP contribution < -0.4 is 16.0 Å². The number of para-hydroxylation sites is 2. The molecule has 1 saturated heterocycles. The molecule has 2 amide bonds. The fourth-order valence-electron chi connectivity index (χ4n) is 2.68. The first-order valence-electron chi connectivity index (χ1n) is 7.91. The molecule has 1 heterocycles. The van der Waals surface area contributed by atoms with Crippen LogP contribution in [0, 0.1) is 17.6 Å². The lowest BCUT2D eigenvalue weighted by Gasteiger charge is -2.22. The molecule has 2 aromatic carbocycles. The highest BCUT2D eigenvalue weighted by Gasteiger charge is 2.26. The number of rotatable bonds is 4. The van der Waals surface area contributed by atoms with E-state index in [1.165, 1.54) is 6.07 Å². The lowest BCUT2D eigenvalue weighted by atomic mass is 9.96. The second-order valence-electron chi connectivity index (χ2n) is 5.82. The first kappa shape index (κ1) is 16.9. The predicted molar refractivity (Wildman–Crippen MR) is 90.4 cm³/mol. The molecule has 1 fully saturated rings. The molecule has 0 bridgehead atoms. The number of amides is 2. The number of hydrogen-bond donors (Lipinski definition) is 3. The van der Waals surface area contributed by atoms with Gasteiger partial charge in [0, 0.05) is 24.9 Å². The molecule has 0 unspecified atom stereocenters. The van der Waals surface area contributed by atoms with Crippen LogP contribution in [0.1, 0.15) is 12.8 Å². The number of carbonyl (C=O) groups excluding carboxylic acids is 2. The molecule has 25 heavy (non-hydrogen) atoms. The topological polar surface area (TPSA) is 70.2 Å². The molecule has 5 nitrogen and oxygen atoms in total. The Morgan fingerprint density at radius 2 is 1.84 bits per heavy atom. The Morgan fingerprint density at radius 1 is 1.08 bits per heavy atom. The SMILES string of the molecule is O=C1C[C@@H](C(=O)Nc2ccccc2Nc2ccc(F)cc2F)CCN1. The van der Waals surface area contributed by atoms with E-state index >= 15 is 0 Å². The lowest BCUT2D eigenvalue weighted by Crippen LogP contribution is -2.38. The first-order valence-corrected chi connectivity index (χ1v) is 7.91. The average molecular weight is 345 g/mol. The minimum Gasteiger partial charge on any atom is -0.356 e. The summed E-state index contributed by atoms with van der Waals surface area (Å²) in [4.78, 5) is 23.8. The Kier molecular flexibility index (Phi) is 4.92. The van der Waals surface area contributed by atoms with E-state index in [2.05, 4.69) is 16.0 Å². The van der Waals surface area contributed by atoms with E-state index in [-0.39, 0.29) is 23.9 Å². The van der Waals surface area contributed by atoms with Crippen molar-refractivity contribution in [2.24, 2.45) is 5.92 Å². The van der Waals surface area contributed by atoms with Crippen LogP contribution in [-0.2, 0) is 9.59 Å². The molecule has 1 aliphatic heterocycles. The van der Waals surface area contributed by atoms with E-state index in [9.17, 15) is 18.4 Å². The molecule has 0 saturated carbocycles. The van der Waals surface area contributed by atoms with Gasteiger partial charge in [-0.1, -0.05) is 12.1 Å². The first-order chi connectivity index (χ1) is 12.0. The monoisotopic (exact) mass is 345 g/mol. The molecule has 7 heteroatoms. The maximum atomic E-state index is 13.8. The van der Waals surface area contributed by atoms with E-state index in [0.717, 1.165) is 12.1 Å². The normalized spacial score (nSPS) is 16.9. The van der Waals surface area contributed by atoms with Crippen molar-refractivity contribution in [1.82, 2.24) is 5.32 Å². The van der Waals surface area contributed by atoms with Crippen molar-refractivity contribution in [3.63, 3.8) is 0 Å². The zero-order valence-electron chi connectivity index (χ0n) is 13.3. The maximum absolute atomic E-state index is 13.8. The van der Waals surface area contributed by atoms with Gasteiger partial charge in [-0.05, 0) is 30.7 Å². The van der Waals surface area contributed by atoms with Crippen molar-refractivity contribution in [3.05, 3.63) is 54.1 Å². The van der Waals surface area contributed by atoms with E-state index < -0.39 is 17.6 Å².